The molecule has 114 valence electrons. The largest absolute Gasteiger partial charge is 0.493 e. The molecule has 0 saturated heterocycles. The molecular weight excluding hydrogens is 302 g/mol. The summed E-state index contributed by atoms with van der Waals surface area (Å²) in [5.41, 5.74) is 6.48. The van der Waals surface area contributed by atoms with E-state index in [4.69, 9.17) is 26.8 Å². The summed E-state index contributed by atoms with van der Waals surface area (Å²) < 4.78 is 32.8. The number of rotatable bonds is 8. The van der Waals surface area contributed by atoms with Crippen molar-refractivity contribution in [1.82, 2.24) is 0 Å². The molecule has 1 rings (SSSR count). The van der Waals surface area contributed by atoms with E-state index in [1.807, 2.05) is 6.07 Å². The summed E-state index contributed by atoms with van der Waals surface area (Å²) in [6.45, 7) is 0.785. The number of hydrogen-bond acceptors (Lipinski definition) is 5. The van der Waals surface area contributed by atoms with Gasteiger partial charge in [0.25, 0.3) is 0 Å². The molecule has 0 saturated carbocycles. The smallest absolute Gasteiger partial charge is 0.179 e. The standard InChI is InChI=1S/C13H20ClNO4S/c1-18-12-9-10(4-5-15)8-11(14)13(12)19-6-3-7-20(2,16)17/h8-9H,3-7,15H2,1-2H3. The van der Waals surface area contributed by atoms with E-state index in [2.05, 4.69) is 0 Å². The summed E-state index contributed by atoms with van der Waals surface area (Å²) in [6, 6.07) is 3.60. The Labute approximate surface area is 124 Å². The van der Waals surface area contributed by atoms with Gasteiger partial charge in [-0.1, -0.05) is 11.6 Å². The summed E-state index contributed by atoms with van der Waals surface area (Å²) in [5, 5.41) is 0.437. The van der Waals surface area contributed by atoms with E-state index in [1.165, 1.54) is 13.4 Å². The average Bonchev–Trinajstić information content (AvgIpc) is 2.35. The van der Waals surface area contributed by atoms with E-state index in [0.29, 0.717) is 35.9 Å². The molecular formula is C13H20ClNO4S. The van der Waals surface area contributed by atoms with Gasteiger partial charge >= 0.3 is 0 Å². The maximum Gasteiger partial charge on any atom is 0.179 e. The van der Waals surface area contributed by atoms with Crippen LogP contribution in [0, 0.1) is 0 Å². The molecule has 0 aliphatic heterocycles. The fourth-order valence-electron chi connectivity index (χ4n) is 1.72. The monoisotopic (exact) mass is 321 g/mol. The van der Waals surface area contributed by atoms with Crippen LogP contribution in [0.4, 0.5) is 0 Å². The van der Waals surface area contributed by atoms with Gasteiger partial charge < -0.3 is 15.2 Å². The van der Waals surface area contributed by atoms with Gasteiger partial charge in [0, 0.05) is 6.26 Å². The molecule has 1 aromatic rings. The van der Waals surface area contributed by atoms with Gasteiger partial charge in [0.2, 0.25) is 0 Å². The Morgan fingerprint density at radius 2 is 2.05 bits per heavy atom. The lowest BCUT2D eigenvalue weighted by molar-refractivity contribution is 0.294. The lowest BCUT2D eigenvalue weighted by atomic mass is 10.1. The predicted octanol–water partition coefficient (Wildman–Crippen LogP) is 1.66. The van der Waals surface area contributed by atoms with Gasteiger partial charge in [-0.3, -0.25) is 0 Å². The molecule has 20 heavy (non-hydrogen) atoms. The normalized spacial score (nSPS) is 11.4. The molecule has 0 atom stereocenters. The molecule has 0 bridgehead atoms. The number of benzene rings is 1. The van der Waals surface area contributed by atoms with Crippen LogP contribution in [0.15, 0.2) is 12.1 Å². The zero-order valence-corrected chi connectivity index (χ0v) is 13.3. The van der Waals surface area contributed by atoms with Crippen LogP contribution in [0.25, 0.3) is 0 Å². The molecule has 0 radical (unpaired) electrons. The molecule has 0 aromatic heterocycles. The van der Waals surface area contributed by atoms with Crippen molar-refractivity contribution < 1.29 is 17.9 Å². The Balaban J connectivity index is 2.74. The Morgan fingerprint density at radius 3 is 2.60 bits per heavy atom. The predicted molar refractivity (Wildman–Crippen MR) is 80.6 cm³/mol. The van der Waals surface area contributed by atoms with Gasteiger partial charge in [0.15, 0.2) is 11.5 Å². The van der Waals surface area contributed by atoms with Gasteiger partial charge in [-0.2, -0.15) is 0 Å². The Kier molecular flexibility index (Phi) is 6.58. The number of methoxy groups -OCH3 is 1. The molecule has 1 aromatic carbocycles. The van der Waals surface area contributed by atoms with Crippen LogP contribution in [-0.4, -0.2) is 40.7 Å². The van der Waals surface area contributed by atoms with E-state index in [1.54, 1.807) is 6.07 Å². The number of hydrogen-bond donors (Lipinski definition) is 1. The SMILES string of the molecule is COc1cc(CCN)cc(Cl)c1OCCCS(C)(=O)=O. The zero-order valence-electron chi connectivity index (χ0n) is 11.7. The Morgan fingerprint density at radius 1 is 1.35 bits per heavy atom. The maximum atomic E-state index is 11.0. The van der Waals surface area contributed by atoms with Crippen LogP contribution in [0.1, 0.15) is 12.0 Å². The summed E-state index contributed by atoms with van der Waals surface area (Å²) >= 11 is 6.15. The van der Waals surface area contributed by atoms with Crippen molar-refractivity contribution in [2.75, 3.05) is 32.3 Å². The second-order valence-electron chi connectivity index (χ2n) is 4.48. The van der Waals surface area contributed by atoms with Crippen LogP contribution in [0.5, 0.6) is 11.5 Å². The van der Waals surface area contributed by atoms with Crippen molar-refractivity contribution in [3.8, 4) is 11.5 Å². The van der Waals surface area contributed by atoms with Gasteiger partial charge in [-0.25, -0.2) is 8.42 Å². The Hall–Kier alpha value is -0.980. The highest BCUT2D eigenvalue weighted by molar-refractivity contribution is 7.90. The number of ether oxygens (including phenoxy) is 2. The first kappa shape index (κ1) is 17.1. The fourth-order valence-corrected chi connectivity index (χ4v) is 2.65. The van der Waals surface area contributed by atoms with E-state index in [0.717, 1.165) is 5.56 Å². The van der Waals surface area contributed by atoms with E-state index >= 15 is 0 Å². The van der Waals surface area contributed by atoms with Crippen molar-refractivity contribution in [2.45, 2.75) is 12.8 Å². The average molecular weight is 322 g/mol. The minimum atomic E-state index is -2.98. The number of sulfone groups is 1. The van der Waals surface area contributed by atoms with Gasteiger partial charge in [-0.15, -0.1) is 0 Å². The van der Waals surface area contributed by atoms with Crippen LogP contribution >= 0.6 is 11.6 Å². The molecule has 0 aliphatic rings. The fraction of sp³-hybridized carbons (Fsp3) is 0.538. The van der Waals surface area contributed by atoms with Gasteiger partial charge in [-0.05, 0) is 37.1 Å². The summed E-state index contributed by atoms with van der Waals surface area (Å²) in [7, 11) is -1.45. The third kappa shape index (κ3) is 5.56. The minimum Gasteiger partial charge on any atom is -0.493 e. The minimum absolute atomic E-state index is 0.0815. The highest BCUT2D eigenvalue weighted by Crippen LogP contribution is 2.36. The molecule has 5 nitrogen and oxygen atoms in total. The summed E-state index contributed by atoms with van der Waals surface area (Å²) in [4.78, 5) is 0. The zero-order chi connectivity index (χ0) is 15.2. The third-order valence-corrected chi connectivity index (χ3v) is 3.94. The van der Waals surface area contributed by atoms with Crippen molar-refractivity contribution in [3.63, 3.8) is 0 Å². The maximum absolute atomic E-state index is 11.0. The van der Waals surface area contributed by atoms with E-state index in [-0.39, 0.29) is 12.4 Å². The molecule has 2 N–H and O–H groups in total. The Bertz CT molecular complexity index is 546. The van der Waals surface area contributed by atoms with Crippen molar-refractivity contribution in [1.29, 1.82) is 0 Å². The molecule has 0 spiro atoms. The third-order valence-electron chi connectivity index (χ3n) is 2.63. The second-order valence-corrected chi connectivity index (χ2v) is 7.15. The van der Waals surface area contributed by atoms with Crippen LogP contribution < -0.4 is 15.2 Å². The molecule has 0 fully saturated rings. The lowest BCUT2D eigenvalue weighted by Crippen LogP contribution is -2.09. The van der Waals surface area contributed by atoms with Crippen molar-refractivity contribution in [2.24, 2.45) is 5.73 Å². The van der Waals surface area contributed by atoms with Gasteiger partial charge in [0.1, 0.15) is 9.84 Å². The molecule has 0 amide bonds. The first-order valence-electron chi connectivity index (χ1n) is 6.24. The summed E-state index contributed by atoms with van der Waals surface area (Å²) in [6.07, 6.45) is 2.30. The number of halogens is 1. The van der Waals surface area contributed by atoms with Gasteiger partial charge in [0.05, 0.1) is 24.5 Å². The quantitative estimate of drug-likeness (QED) is 0.737. The summed E-state index contributed by atoms with van der Waals surface area (Å²) in [5.74, 6) is 1.04. The highest BCUT2D eigenvalue weighted by Gasteiger charge is 2.12. The number of nitrogens with two attached hydrogens (primary N) is 1. The molecule has 7 heteroatoms. The lowest BCUT2D eigenvalue weighted by Gasteiger charge is -2.14. The van der Waals surface area contributed by atoms with E-state index < -0.39 is 9.84 Å². The van der Waals surface area contributed by atoms with E-state index in [9.17, 15) is 8.42 Å². The molecule has 0 aliphatic carbocycles. The highest BCUT2D eigenvalue weighted by atomic mass is 35.5. The second kappa shape index (κ2) is 7.71. The first-order valence-corrected chi connectivity index (χ1v) is 8.68. The van der Waals surface area contributed by atoms with Crippen molar-refractivity contribution >= 4 is 21.4 Å². The van der Waals surface area contributed by atoms with Crippen LogP contribution in [-0.2, 0) is 16.3 Å². The topological polar surface area (TPSA) is 78.6 Å². The first-order chi connectivity index (χ1) is 9.37. The van der Waals surface area contributed by atoms with Crippen LogP contribution in [0.2, 0.25) is 5.02 Å². The molecule has 0 heterocycles. The molecule has 0 unspecified atom stereocenters. The van der Waals surface area contributed by atoms with Crippen LogP contribution in [0.3, 0.4) is 0 Å². The van der Waals surface area contributed by atoms with Crippen molar-refractivity contribution in [3.05, 3.63) is 22.7 Å².